The summed E-state index contributed by atoms with van der Waals surface area (Å²) in [7, 11) is 0. The van der Waals surface area contributed by atoms with E-state index >= 15 is 4.39 Å². The van der Waals surface area contributed by atoms with E-state index in [2.05, 4.69) is 0 Å². The summed E-state index contributed by atoms with van der Waals surface area (Å²) in [6.07, 6.45) is -0.630. The average molecular weight is 642 g/mol. The zero-order valence-electron chi connectivity index (χ0n) is 26.6. The minimum atomic E-state index is -3.13. The van der Waals surface area contributed by atoms with Gasteiger partial charge in [0.2, 0.25) is 6.10 Å². The molecule has 1 saturated heterocycles. The number of alkyl halides is 1. The first kappa shape index (κ1) is 35.9. The SMILES string of the molecule is CC(C)C(=O)O[C@H]1[C@H](n2ccc(=O)n(COC(=O)C3CCCCC3)c2=O)O[C@](F)(COC(=O)[C@@H](N)C(C)C)[C@H]1OC(=O)C(C)C. The normalized spacial score (nSPS) is 24.5. The Kier molecular flexibility index (Phi) is 12.1. The van der Waals surface area contributed by atoms with Gasteiger partial charge in [-0.15, -0.1) is 0 Å². The number of halogens is 1. The van der Waals surface area contributed by atoms with Crippen LogP contribution in [0.2, 0.25) is 0 Å². The predicted octanol–water partition coefficient (Wildman–Crippen LogP) is 1.95. The Morgan fingerprint density at radius 1 is 0.956 bits per heavy atom. The van der Waals surface area contributed by atoms with E-state index in [-0.39, 0.29) is 11.8 Å². The van der Waals surface area contributed by atoms with Gasteiger partial charge in [-0.3, -0.25) is 28.5 Å². The molecule has 0 unspecified atom stereocenters. The molecule has 2 N–H and O–H groups in total. The van der Waals surface area contributed by atoms with Crippen LogP contribution in [-0.2, 0) is 49.6 Å². The van der Waals surface area contributed by atoms with E-state index in [1.807, 2.05) is 0 Å². The van der Waals surface area contributed by atoms with Crippen LogP contribution in [0.5, 0.6) is 0 Å². The molecule has 2 aliphatic rings. The second-order valence-corrected chi connectivity index (χ2v) is 12.4. The Bertz CT molecular complexity index is 1350. The van der Waals surface area contributed by atoms with Crippen LogP contribution in [0.3, 0.4) is 0 Å². The summed E-state index contributed by atoms with van der Waals surface area (Å²) < 4.78 is 45.1. The summed E-state index contributed by atoms with van der Waals surface area (Å²) in [5.41, 5.74) is 3.91. The Labute approximate surface area is 260 Å². The van der Waals surface area contributed by atoms with E-state index in [0.29, 0.717) is 17.4 Å². The Morgan fingerprint density at radius 2 is 1.56 bits per heavy atom. The number of nitrogens with two attached hydrogens (primary N) is 1. The van der Waals surface area contributed by atoms with Crippen LogP contribution in [0, 0.1) is 23.7 Å². The summed E-state index contributed by atoms with van der Waals surface area (Å²) in [5.74, 6) is -8.58. The number of esters is 4. The van der Waals surface area contributed by atoms with Crippen molar-refractivity contribution < 1.29 is 47.3 Å². The smallest absolute Gasteiger partial charge is 0.336 e. The number of aromatic nitrogens is 2. The predicted molar refractivity (Wildman–Crippen MR) is 155 cm³/mol. The molecule has 0 radical (unpaired) electrons. The molecular formula is C30H44FN3O11. The summed E-state index contributed by atoms with van der Waals surface area (Å²) in [6.45, 7) is 7.43. The van der Waals surface area contributed by atoms with Crippen LogP contribution in [0.15, 0.2) is 21.9 Å². The molecule has 0 aromatic carbocycles. The van der Waals surface area contributed by atoms with Gasteiger partial charge in [0.1, 0.15) is 6.04 Å². The fourth-order valence-electron chi connectivity index (χ4n) is 4.83. The van der Waals surface area contributed by atoms with Gasteiger partial charge in [-0.1, -0.05) is 60.8 Å². The monoisotopic (exact) mass is 641 g/mol. The number of carbonyl (C=O) groups is 4. The standard InChI is InChI=1S/C30H44FN3O11/c1-16(2)21(32)28(39)41-14-30(31)23(44-26(37)18(5)6)22(43-25(36)17(3)4)24(45-30)33-13-12-20(35)34(29(33)40)15-42-27(38)19-10-8-7-9-11-19/h12-13,16-19,21-24H,7-11,14-15,32H2,1-6H3/t21-,22+,23-,24+,30+/m0/s1. The lowest BCUT2D eigenvalue weighted by atomic mass is 9.89. The van der Waals surface area contributed by atoms with Crippen molar-refractivity contribution >= 4 is 23.9 Å². The van der Waals surface area contributed by atoms with Crippen molar-refractivity contribution in [2.75, 3.05) is 6.61 Å². The van der Waals surface area contributed by atoms with Crippen molar-refractivity contribution in [2.45, 2.75) is 111 Å². The third-order valence-electron chi connectivity index (χ3n) is 7.80. The molecular weight excluding hydrogens is 597 g/mol. The third kappa shape index (κ3) is 8.57. The largest absolute Gasteiger partial charge is 0.458 e. The molecule has 252 valence electrons. The second kappa shape index (κ2) is 15.1. The maximum atomic E-state index is 16.8. The van der Waals surface area contributed by atoms with Crippen LogP contribution < -0.4 is 17.0 Å². The van der Waals surface area contributed by atoms with Gasteiger partial charge in [-0.2, -0.15) is 0 Å². The molecule has 1 aromatic heterocycles. The molecule has 1 saturated carbocycles. The maximum absolute atomic E-state index is 16.8. The Balaban J connectivity index is 2.02. The number of hydrogen-bond acceptors (Lipinski definition) is 12. The van der Waals surface area contributed by atoms with Crippen molar-refractivity contribution in [3.05, 3.63) is 33.1 Å². The molecule has 0 amide bonds. The first-order valence-corrected chi connectivity index (χ1v) is 15.3. The molecule has 15 heteroatoms. The average Bonchev–Trinajstić information content (AvgIpc) is 3.25. The molecule has 5 atom stereocenters. The molecule has 0 bridgehead atoms. The van der Waals surface area contributed by atoms with Gasteiger partial charge in [-0.25, -0.2) is 13.8 Å². The van der Waals surface area contributed by atoms with E-state index in [1.54, 1.807) is 13.8 Å². The van der Waals surface area contributed by atoms with Crippen molar-refractivity contribution in [1.82, 2.24) is 9.13 Å². The number of ether oxygens (including phenoxy) is 5. The number of hydrogen-bond donors (Lipinski definition) is 1. The summed E-state index contributed by atoms with van der Waals surface area (Å²) >= 11 is 0. The molecule has 0 spiro atoms. The molecule has 14 nitrogen and oxygen atoms in total. The van der Waals surface area contributed by atoms with E-state index in [1.165, 1.54) is 27.7 Å². The summed E-state index contributed by atoms with van der Waals surface area (Å²) in [6, 6.07) is -0.158. The fourth-order valence-corrected chi connectivity index (χ4v) is 4.83. The molecule has 1 aromatic rings. The lowest BCUT2D eigenvalue weighted by molar-refractivity contribution is -0.226. The van der Waals surface area contributed by atoms with Crippen LogP contribution in [-0.4, -0.2) is 63.7 Å². The van der Waals surface area contributed by atoms with Crippen LogP contribution in [0.25, 0.3) is 0 Å². The maximum Gasteiger partial charge on any atom is 0.336 e. The number of nitrogens with zero attached hydrogens (tertiary/aromatic N) is 2. The van der Waals surface area contributed by atoms with Gasteiger partial charge < -0.3 is 29.4 Å². The van der Waals surface area contributed by atoms with Crippen molar-refractivity contribution in [3.8, 4) is 0 Å². The van der Waals surface area contributed by atoms with E-state index in [0.717, 1.165) is 36.1 Å². The zero-order valence-corrected chi connectivity index (χ0v) is 26.6. The second-order valence-electron chi connectivity index (χ2n) is 12.4. The molecule has 1 aliphatic heterocycles. The fraction of sp³-hybridized carbons (Fsp3) is 0.733. The lowest BCUT2D eigenvalue weighted by Gasteiger charge is -2.28. The first-order valence-electron chi connectivity index (χ1n) is 15.3. The van der Waals surface area contributed by atoms with Crippen LogP contribution in [0.1, 0.15) is 79.9 Å². The minimum absolute atomic E-state index is 0.353. The minimum Gasteiger partial charge on any atom is -0.458 e. The molecule has 2 heterocycles. The lowest BCUT2D eigenvalue weighted by Crippen LogP contribution is -2.50. The van der Waals surface area contributed by atoms with Gasteiger partial charge in [0, 0.05) is 12.3 Å². The first-order chi connectivity index (χ1) is 21.1. The Hall–Kier alpha value is -3.59. The Morgan fingerprint density at radius 3 is 2.13 bits per heavy atom. The molecule has 2 fully saturated rings. The van der Waals surface area contributed by atoms with E-state index in [4.69, 9.17) is 29.4 Å². The van der Waals surface area contributed by atoms with Gasteiger partial charge >= 0.3 is 29.6 Å². The van der Waals surface area contributed by atoms with Gasteiger partial charge in [0.15, 0.2) is 25.7 Å². The highest BCUT2D eigenvalue weighted by molar-refractivity contribution is 5.76. The quantitative estimate of drug-likeness (QED) is 0.259. The molecule has 45 heavy (non-hydrogen) atoms. The molecule has 3 rings (SSSR count). The highest BCUT2D eigenvalue weighted by Crippen LogP contribution is 2.42. The summed E-state index contributed by atoms with van der Waals surface area (Å²) in [4.78, 5) is 76.8. The van der Waals surface area contributed by atoms with E-state index in [9.17, 15) is 28.8 Å². The van der Waals surface area contributed by atoms with Crippen LogP contribution in [0.4, 0.5) is 4.39 Å². The van der Waals surface area contributed by atoms with Gasteiger partial charge in [0.05, 0.1) is 17.8 Å². The van der Waals surface area contributed by atoms with Gasteiger partial charge in [0.25, 0.3) is 11.4 Å². The highest BCUT2D eigenvalue weighted by Gasteiger charge is 2.62. The van der Waals surface area contributed by atoms with Crippen molar-refractivity contribution in [2.24, 2.45) is 29.4 Å². The molecule has 1 aliphatic carbocycles. The summed E-state index contributed by atoms with van der Waals surface area (Å²) in [5, 5.41) is 0. The van der Waals surface area contributed by atoms with E-state index < -0.39 is 90.6 Å². The topological polar surface area (TPSA) is 184 Å². The zero-order chi connectivity index (χ0) is 33.6. The van der Waals surface area contributed by atoms with Gasteiger partial charge in [-0.05, 0) is 18.8 Å². The number of rotatable bonds is 12. The van der Waals surface area contributed by atoms with Crippen LogP contribution >= 0.6 is 0 Å². The van der Waals surface area contributed by atoms with Crippen molar-refractivity contribution in [1.29, 1.82) is 0 Å². The number of carbonyl (C=O) groups excluding carboxylic acids is 4. The highest BCUT2D eigenvalue weighted by atomic mass is 19.2. The van der Waals surface area contributed by atoms with Crippen molar-refractivity contribution in [3.63, 3.8) is 0 Å². The third-order valence-corrected chi connectivity index (χ3v) is 7.80.